The maximum Gasteiger partial charge on any atom is 0.368 e. The van der Waals surface area contributed by atoms with Crippen LogP contribution < -0.4 is 10.4 Å². The van der Waals surface area contributed by atoms with Crippen LogP contribution in [0, 0.1) is 19.8 Å². The Morgan fingerprint density at radius 1 is 1.17 bits per heavy atom. The van der Waals surface area contributed by atoms with Crippen LogP contribution in [0.1, 0.15) is 35.1 Å². The Hall–Kier alpha value is -3.42. The Morgan fingerprint density at radius 3 is 2.60 bits per heavy atom. The third-order valence-corrected chi connectivity index (χ3v) is 5.33. The first-order valence-corrected chi connectivity index (χ1v) is 9.92. The first kappa shape index (κ1) is 19.9. The van der Waals surface area contributed by atoms with Crippen molar-refractivity contribution in [1.29, 1.82) is 0 Å². The first-order chi connectivity index (χ1) is 14.5. The average molecular weight is 407 g/mol. The Labute approximate surface area is 174 Å². The molecule has 1 saturated carbocycles. The van der Waals surface area contributed by atoms with Gasteiger partial charge in [0.05, 0.1) is 11.4 Å². The Morgan fingerprint density at radius 2 is 1.97 bits per heavy atom. The summed E-state index contributed by atoms with van der Waals surface area (Å²) in [5.41, 5.74) is 5.36. The second-order valence-electron chi connectivity index (χ2n) is 7.57. The zero-order valence-corrected chi connectivity index (χ0v) is 17.6. The van der Waals surface area contributed by atoms with Crippen molar-refractivity contribution in [2.75, 3.05) is 7.11 Å². The topological polar surface area (TPSA) is 83.5 Å². The second-order valence-corrected chi connectivity index (χ2v) is 7.57. The minimum atomic E-state index is -0.299. The number of ether oxygens (including phenoxy) is 1. The van der Waals surface area contributed by atoms with Gasteiger partial charge in [-0.15, -0.1) is 0 Å². The van der Waals surface area contributed by atoms with E-state index in [1.54, 1.807) is 14.2 Å². The molecule has 1 fully saturated rings. The summed E-state index contributed by atoms with van der Waals surface area (Å²) in [5, 5.41) is 12.0. The van der Waals surface area contributed by atoms with E-state index in [9.17, 15) is 4.79 Å². The highest BCUT2D eigenvalue weighted by molar-refractivity contribution is 6.03. The summed E-state index contributed by atoms with van der Waals surface area (Å²) in [6.07, 6.45) is 2.30. The van der Waals surface area contributed by atoms with E-state index in [2.05, 4.69) is 21.6 Å². The van der Waals surface area contributed by atoms with Crippen molar-refractivity contribution in [3.8, 4) is 11.4 Å². The van der Waals surface area contributed by atoms with Crippen molar-refractivity contribution in [3.05, 3.63) is 69.1 Å². The van der Waals surface area contributed by atoms with E-state index < -0.39 is 0 Å². The summed E-state index contributed by atoms with van der Waals surface area (Å²) < 4.78 is 8.64. The lowest BCUT2D eigenvalue weighted by Gasteiger charge is -2.15. The van der Waals surface area contributed by atoms with Gasteiger partial charge in [-0.25, -0.2) is 4.79 Å². The Balaban J connectivity index is 1.59. The van der Waals surface area contributed by atoms with Gasteiger partial charge in [0.25, 0.3) is 0 Å². The SMILES string of the molecule is CON=C(c1ccc(OCc2c(C)cccc2-n2nnn(C)c2=O)c(C)c1)C1CC1. The largest absolute Gasteiger partial charge is 0.489 e. The molecular weight excluding hydrogens is 382 g/mol. The molecule has 8 heteroatoms. The molecule has 4 rings (SSSR count). The van der Waals surface area contributed by atoms with Crippen LogP contribution in [0.3, 0.4) is 0 Å². The fraction of sp³-hybridized carbons (Fsp3) is 0.364. The van der Waals surface area contributed by atoms with Crippen LogP contribution in [0.4, 0.5) is 0 Å². The van der Waals surface area contributed by atoms with Gasteiger partial charge in [-0.05, 0) is 72.5 Å². The molecule has 156 valence electrons. The first-order valence-electron chi connectivity index (χ1n) is 9.92. The quantitative estimate of drug-likeness (QED) is 0.444. The van der Waals surface area contributed by atoms with Crippen molar-refractivity contribution in [1.82, 2.24) is 19.8 Å². The van der Waals surface area contributed by atoms with Gasteiger partial charge in [0.2, 0.25) is 0 Å². The van der Waals surface area contributed by atoms with E-state index in [0.717, 1.165) is 46.6 Å². The molecular formula is C22H25N5O3. The molecule has 30 heavy (non-hydrogen) atoms. The van der Waals surface area contributed by atoms with Gasteiger partial charge in [0, 0.05) is 24.1 Å². The van der Waals surface area contributed by atoms with Crippen LogP contribution in [-0.2, 0) is 18.5 Å². The lowest BCUT2D eigenvalue weighted by Crippen LogP contribution is -2.23. The zero-order chi connectivity index (χ0) is 21.3. The summed E-state index contributed by atoms with van der Waals surface area (Å²) in [6.45, 7) is 4.32. The van der Waals surface area contributed by atoms with E-state index in [4.69, 9.17) is 9.57 Å². The smallest absolute Gasteiger partial charge is 0.368 e. The summed E-state index contributed by atoms with van der Waals surface area (Å²) in [7, 11) is 3.15. The third kappa shape index (κ3) is 3.85. The number of benzene rings is 2. The van der Waals surface area contributed by atoms with Gasteiger partial charge in [-0.3, -0.25) is 0 Å². The maximum absolute atomic E-state index is 12.3. The van der Waals surface area contributed by atoms with Crippen LogP contribution in [-0.4, -0.2) is 32.6 Å². The van der Waals surface area contributed by atoms with Crippen LogP contribution in [0.25, 0.3) is 5.69 Å². The van der Waals surface area contributed by atoms with Crippen molar-refractivity contribution < 1.29 is 9.57 Å². The van der Waals surface area contributed by atoms with Gasteiger partial charge >= 0.3 is 5.69 Å². The van der Waals surface area contributed by atoms with E-state index in [1.165, 1.54) is 9.36 Å². The number of oxime groups is 1. The molecule has 0 saturated heterocycles. The molecule has 0 spiro atoms. The summed E-state index contributed by atoms with van der Waals surface area (Å²) >= 11 is 0. The average Bonchev–Trinajstić information content (AvgIpc) is 3.52. The molecule has 0 aliphatic heterocycles. The number of aromatic nitrogens is 4. The molecule has 1 aromatic heterocycles. The predicted molar refractivity (Wildman–Crippen MR) is 113 cm³/mol. The molecule has 8 nitrogen and oxygen atoms in total. The maximum atomic E-state index is 12.3. The molecule has 0 bridgehead atoms. The number of aryl methyl sites for hydroxylation is 3. The Kier molecular flexibility index (Phi) is 5.39. The summed E-state index contributed by atoms with van der Waals surface area (Å²) in [6, 6.07) is 11.8. The van der Waals surface area contributed by atoms with E-state index in [0.29, 0.717) is 18.2 Å². The molecule has 1 aliphatic rings. The molecule has 0 atom stereocenters. The van der Waals surface area contributed by atoms with Crippen LogP contribution in [0.2, 0.25) is 0 Å². The fourth-order valence-electron chi connectivity index (χ4n) is 3.48. The van der Waals surface area contributed by atoms with Gasteiger partial charge in [-0.2, -0.15) is 9.36 Å². The lowest BCUT2D eigenvalue weighted by molar-refractivity contribution is 0.212. The minimum absolute atomic E-state index is 0.299. The molecule has 0 unspecified atom stereocenters. The molecule has 0 amide bonds. The number of rotatable bonds is 7. The van der Waals surface area contributed by atoms with Gasteiger partial charge < -0.3 is 9.57 Å². The van der Waals surface area contributed by atoms with Crippen LogP contribution in [0.5, 0.6) is 5.75 Å². The number of nitrogens with zero attached hydrogens (tertiary/aromatic N) is 5. The number of hydrogen-bond acceptors (Lipinski definition) is 6. The normalized spacial score (nSPS) is 14.1. The number of tetrazole rings is 1. The van der Waals surface area contributed by atoms with E-state index >= 15 is 0 Å². The molecule has 0 radical (unpaired) electrons. The van der Waals surface area contributed by atoms with Crippen LogP contribution >= 0.6 is 0 Å². The predicted octanol–water partition coefficient (Wildman–Crippen LogP) is 2.92. The summed E-state index contributed by atoms with van der Waals surface area (Å²) in [4.78, 5) is 17.3. The van der Waals surface area contributed by atoms with E-state index in [-0.39, 0.29) is 5.69 Å². The lowest BCUT2D eigenvalue weighted by atomic mass is 10.0. The van der Waals surface area contributed by atoms with Crippen LogP contribution in [0.15, 0.2) is 46.3 Å². The van der Waals surface area contributed by atoms with E-state index in [1.807, 2.05) is 44.2 Å². The second kappa shape index (κ2) is 8.14. The highest BCUT2D eigenvalue weighted by atomic mass is 16.6. The van der Waals surface area contributed by atoms with Gasteiger partial charge in [0.15, 0.2) is 0 Å². The van der Waals surface area contributed by atoms with Crippen molar-refractivity contribution >= 4 is 5.71 Å². The zero-order valence-electron chi connectivity index (χ0n) is 17.6. The van der Waals surface area contributed by atoms with Crippen molar-refractivity contribution in [2.45, 2.75) is 33.3 Å². The molecule has 2 aromatic carbocycles. The molecule has 3 aromatic rings. The molecule has 0 N–H and O–H groups in total. The number of hydrogen-bond donors (Lipinski definition) is 0. The van der Waals surface area contributed by atoms with Crippen molar-refractivity contribution in [3.63, 3.8) is 0 Å². The standard InChI is InChI=1S/C22H25N5O3/c1-14-6-5-7-19(27-22(28)26(3)24-25-27)18(14)13-30-20-11-10-17(12-15(20)2)21(23-29-4)16-8-9-16/h5-7,10-12,16H,8-9,13H2,1-4H3. The van der Waals surface area contributed by atoms with Gasteiger partial charge in [0.1, 0.15) is 19.5 Å². The minimum Gasteiger partial charge on any atom is -0.489 e. The summed E-state index contributed by atoms with van der Waals surface area (Å²) in [5.74, 6) is 1.27. The highest BCUT2D eigenvalue weighted by Gasteiger charge is 2.29. The van der Waals surface area contributed by atoms with Crippen molar-refractivity contribution in [2.24, 2.45) is 18.1 Å². The third-order valence-electron chi connectivity index (χ3n) is 5.33. The molecule has 1 aliphatic carbocycles. The molecule has 1 heterocycles. The van der Waals surface area contributed by atoms with Gasteiger partial charge in [-0.1, -0.05) is 17.3 Å². The Bertz CT molecular complexity index is 1160. The monoisotopic (exact) mass is 407 g/mol. The highest BCUT2D eigenvalue weighted by Crippen LogP contribution is 2.34. The fourth-order valence-corrected chi connectivity index (χ4v) is 3.48.